The summed E-state index contributed by atoms with van der Waals surface area (Å²) in [7, 11) is 0. The van der Waals surface area contributed by atoms with E-state index in [0.717, 1.165) is 25.3 Å². The Morgan fingerprint density at radius 2 is 1.31 bits per heavy atom. The summed E-state index contributed by atoms with van der Waals surface area (Å²) in [6.45, 7) is 4.03. The van der Waals surface area contributed by atoms with E-state index in [1.807, 2.05) is 0 Å². The van der Waals surface area contributed by atoms with Crippen LogP contribution >= 0.6 is 23.2 Å². The van der Waals surface area contributed by atoms with Gasteiger partial charge in [-0.2, -0.15) is 0 Å². The second-order valence-corrected chi connectivity index (χ2v) is 7.53. The number of anilines is 2. The van der Waals surface area contributed by atoms with Crippen molar-refractivity contribution in [2.75, 3.05) is 49.9 Å². The molecule has 1 aliphatic rings. The molecule has 0 atom stereocenters. The van der Waals surface area contributed by atoms with Crippen LogP contribution in [0.3, 0.4) is 0 Å². The van der Waals surface area contributed by atoms with Crippen LogP contribution in [0.5, 0.6) is 0 Å². The Hall–Kier alpha value is -2.48. The number of hydrogen-bond acceptors (Lipinski definition) is 3. The summed E-state index contributed by atoms with van der Waals surface area (Å²) in [4.78, 5) is 28.3. The highest BCUT2D eigenvalue weighted by Crippen LogP contribution is 2.15. The van der Waals surface area contributed by atoms with Crippen molar-refractivity contribution in [3.8, 4) is 0 Å². The van der Waals surface area contributed by atoms with E-state index in [-0.39, 0.29) is 12.1 Å². The van der Waals surface area contributed by atoms with Crippen molar-refractivity contribution in [2.24, 2.45) is 0 Å². The Morgan fingerprint density at radius 1 is 0.793 bits per heavy atom. The minimum atomic E-state index is -0.256. The third kappa shape index (κ3) is 6.81. The summed E-state index contributed by atoms with van der Waals surface area (Å²) in [6.07, 6.45) is 0. The van der Waals surface area contributed by atoms with Gasteiger partial charge < -0.3 is 20.9 Å². The quantitative estimate of drug-likeness (QED) is 0.664. The molecule has 3 rings (SSSR count). The highest BCUT2D eigenvalue weighted by atomic mass is 35.5. The van der Waals surface area contributed by atoms with Crippen LogP contribution in [0.1, 0.15) is 0 Å². The Morgan fingerprint density at radius 3 is 1.86 bits per heavy atom. The lowest BCUT2D eigenvalue weighted by Gasteiger charge is -2.34. The van der Waals surface area contributed by atoms with Crippen LogP contribution in [0, 0.1) is 0 Å². The molecular weight excluding hydrogens is 413 g/mol. The number of piperazine rings is 1. The average molecular weight is 436 g/mol. The van der Waals surface area contributed by atoms with Gasteiger partial charge >= 0.3 is 12.1 Å². The van der Waals surface area contributed by atoms with E-state index in [1.165, 1.54) is 0 Å². The number of nitrogens with one attached hydrogen (secondary N) is 3. The van der Waals surface area contributed by atoms with Crippen molar-refractivity contribution in [2.45, 2.75) is 0 Å². The van der Waals surface area contributed by atoms with Gasteiger partial charge in [-0.3, -0.25) is 4.90 Å². The van der Waals surface area contributed by atoms with E-state index < -0.39 is 0 Å². The Kier molecular flexibility index (Phi) is 7.57. The summed E-state index contributed by atoms with van der Waals surface area (Å²) >= 11 is 11.7. The lowest BCUT2D eigenvalue weighted by Crippen LogP contribution is -2.51. The Bertz CT molecular complexity index is 819. The van der Waals surface area contributed by atoms with Crippen LogP contribution in [0.4, 0.5) is 21.0 Å². The van der Waals surface area contributed by atoms with Crippen molar-refractivity contribution < 1.29 is 9.59 Å². The molecule has 1 aliphatic heterocycles. The lowest BCUT2D eigenvalue weighted by molar-refractivity contribution is 0.148. The first-order valence-electron chi connectivity index (χ1n) is 9.34. The molecule has 9 heteroatoms. The maximum Gasteiger partial charge on any atom is 0.321 e. The highest BCUT2D eigenvalue weighted by Gasteiger charge is 2.21. The molecule has 0 saturated carbocycles. The zero-order chi connectivity index (χ0) is 20.6. The monoisotopic (exact) mass is 435 g/mol. The maximum atomic E-state index is 12.3. The third-order valence-electron chi connectivity index (χ3n) is 4.57. The first-order valence-corrected chi connectivity index (χ1v) is 10.1. The van der Waals surface area contributed by atoms with E-state index in [1.54, 1.807) is 53.4 Å². The van der Waals surface area contributed by atoms with Gasteiger partial charge in [0, 0.05) is 60.7 Å². The molecule has 7 nitrogen and oxygen atoms in total. The molecule has 4 amide bonds. The van der Waals surface area contributed by atoms with Gasteiger partial charge in [0.15, 0.2) is 0 Å². The number of benzene rings is 2. The van der Waals surface area contributed by atoms with Crippen LogP contribution < -0.4 is 16.0 Å². The number of carbonyl (C=O) groups excluding carboxylic acids is 2. The number of rotatable bonds is 5. The molecule has 1 heterocycles. The molecule has 0 unspecified atom stereocenters. The number of carbonyl (C=O) groups is 2. The standard InChI is InChI=1S/C20H23Cl2N5O2/c21-15-1-5-17(6-2-15)24-19(28)23-9-10-26-11-13-27(14-12-26)20(29)25-18-7-3-16(22)4-8-18/h1-8H,9-14H2,(H,25,29)(H2,23,24,28). The fourth-order valence-corrected chi connectivity index (χ4v) is 3.20. The van der Waals surface area contributed by atoms with Crippen molar-refractivity contribution in [3.63, 3.8) is 0 Å². The van der Waals surface area contributed by atoms with E-state index in [4.69, 9.17) is 23.2 Å². The molecule has 0 bridgehead atoms. The number of urea groups is 2. The normalized spacial score (nSPS) is 14.3. The zero-order valence-corrected chi connectivity index (χ0v) is 17.3. The largest absolute Gasteiger partial charge is 0.337 e. The molecular formula is C20H23Cl2N5O2. The van der Waals surface area contributed by atoms with Crippen molar-refractivity contribution in [1.82, 2.24) is 15.1 Å². The fourth-order valence-electron chi connectivity index (χ4n) is 2.95. The van der Waals surface area contributed by atoms with Crippen LogP contribution in [0.25, 0.3) is 0 Å². The number of halogens is 2. The van der Waals surface area contributed by atoms with Crippen LogP contribution in [-0.2, 0) is 0 Å². The second kappa shape index (κ2) is 10.3. The van der Waals surface area contributed by atoms with Gasteiger partial charge in [0.2, 0.25) is 0 Å². The topological polar surface area (TPSA) is 76.7 Å². The molecule has 154 valence electrons. The van der Waals surface area contributed by atoms with Gasteiger partial charge in [0.05, 0.1) is 0 Å². The molecule has 0 aliphatic carbocycles. The number of nitrogens with zero attached hydrogens (tertiary/aromatic N) is 2. The number of amides is 4. The first kappa shape index (κ1) is 21.2. The molecule has 29 heavy (non-hydrogen) atoms. The van der Waals surface area contributed by atoms with E-state index >= 15 is 0 Å². The molecule has 3 N–H and O–H groups in total. The van der Waals surface area contributed by atoms with Crippen LogP contribution in [0.15, 0.2) is 48.5 Å². The van der Waals surface area contributed by atoms with Crippen molar-refractivity contribution in [1.29, 1.82) is 0 Å². The summed E-state index contributed by atoms with van der Waals surface area (Å²) in [6, 6.07) is 13.6. The summed E-state index contributed by atoms with van der Waals surface area (Å²) in [5.74, 6) is 0. The molecule has 2 aromatic rings. The summed E-state index contributed by atoms with van der Waals surface area (Å²) in [5.41, 5.74) is 1.41. The van der Waals surface area contributed by atoms with Gasteiger partial charge in [-0.1, -0.05) is 23.2 Å². The van der Waals surface area contributed by atoms with Gasteiger partial charge in [-0.15, -0.1) is 0 Å². The predicted octanol–water partition coefficient (Wildman–Crippen LogP) is 3.96. The van der Waals surface area contributed by atoms with Gasteiger partial charge in [-0.05, 0) is 48.5 Å². The van der Waals surface area contributed by atoms with E-state index in [9.17, 15) is 9.59 Å². The minimum Gasteiger partial charge on any atom is -0.337 e. The zero-order valence-electron chi connectivity index (χ0n) is 15.8. The smallest absolute Gasteiger partial charge is 0.321 e. The second-order valence-electron chi connectivity index (χ2n) is 6.65. The Balaban J connectivity index is 1.33. The van der Waals surface area contributed by atoms with E-state index in [0.29, 0.717) is 35.4 Å². The van der Waals surface area contributed by atoms with E-state index in [2.05, 4.69) is 20.9 Å². The van der Waals surface area contributed by atoms with Gasteiger partial charge in [0.25, 0.3) is 0 Å². The Labute approximate surface area is 180 Å². The predicted molar refractivity (Wildman–Crippen MR) is 117 cm³/mol. The SMILES string of the molecule is O=C(NCCN1CCN(C(=O)Nc2ccc(Cl)cc2)CC1)Nc1ccc(Cl)cc1. The minimum absolute atomic E-state index is 0.118. The van der Waals surface area contributed by atoms with Crippen LogP contribution in [-0.4, -0.2) is 61.1 Å². The van der Waals surface area contributed by atoms with Crippen LogP contribution in [0.2, 0.25) is 10.0 Å². The third-order valence-corrected chi connectivity index (χ3v) is 5.07. The fraction of sp³-hybridized carbons (Fsp3) is 0.300. The molecule has 1 fully saturated rings. The molecule has 0 aromatic heterocycles. The molecule has 0 spiro atoms. The van der Waals surface area contributed by atoms with Crippen molar-refractivity contribution >= 4 is 46.6 Å². The van der Waals surface area contributed by atoms with Gasteiger partial charge in [-0.25, -0.2) is 9.59 Å². The first-order chi connectivity index (χ1) is 14.0. The van der Waals surface area contributed by atoms with Gasteiger partial charge in [0.1, 0.15) is 0 Å². The summed E-state index contributed by atoms with van der Waals surface area (Å²) in [5, 5.41) is 9.72. The molecule has 1 saturated heterocycles. The molecule has 2 aromatic carbocycles. The number of hydrogen-bond donors (Lipinski definition) is 3. The molecule has 0 radical (unpaired) electrons. The average Bonchev–Trinajstić information content (AvgIpc) is 2.72. The maximum absolute atomic E-state index is 12.3. The highest BCUT2D eigenvalue weighted by molar-refractivity contribution is 6.30. The summed E-state index contributed by atoms with van der Waals surface area (Å²) < 4.78 is 0. The van der Waals surface area contributed by atoms with Crippen molar-refractivity contribution in [3.05, 3.63) is 58.6 Å². The lowest BCUT2D eigenvalue weighted by atomic mass is 10.3.